The quantitative estimate of drug-likeness (QED) is 0.336. The fourth-order valence-electron chi connectivity index (χ4n) is 5.78. The lowest BCUT2D eigenvalue weighted by molar-refractivity contribution is -0.138. The molecule has 9 heteroatoms. The normalized spacial score (nSPS) is 17.5. The molecule has 0 saturated carbocycles. The van der Waals surface area contributed by atoms with Gasteiger partial charge in [0.15, 0.2) is 0 Å². The van der Waals surface area contributed by atoms with Crippen LogP contribution >= 0.6 is 0 Å². The Morgan fingerprint density at radius 1 is 1.02 bits per heavy atom. The highest BCUT2D eigenvalue weighted by Crippen LogP contribution is 2.34. The number of β-amino-alcohol motifs (C(OH)–C–C–N with tert-alkyl or cyclic N) is 1. The highest BCUT2D eigenvalue weighted by molar-refractivity contribution is 5.73. The average Bonchev–Trinajstić information content (AvgIpc) is 3.36. The van der Waals surface area contributed by atoms with E-state index in [0.717, 1.165) is 77.4 Å². The van der Waals surface area contributed by atoms with Gasteiger partial charge in [0.2, 0.25) is 5.88 Å². The Morgan fingerprint density at radius 3 is 2.56 bits per heavy atom. The van der Waals surface area contributed by atoms with E-state index in [0.29, 0.717) is 32.3 Å². The molecule has 9 nitrogen and oxygen atoms in total. The average molecular weight is 561 g/mol. The Morgan fingerprint density at radius 2 is 1.80 bits per heavy atom. The van der Waals surface area contributed by atoms with Gasteiger partial charge in [-0.25, -0.2) is 0 Å². The molecular weight excluding hydrogens is 520 g/mol. The van der Waals surface area contributed by atoms with Crippen LogP contribution in [0.25, 0.3) is 11.1 Å². The molecule has 0 radical (unpaired) electrons. The number of carbonyl (C=O) groups is 1. The number of benzene rings is 2. The largest absolute Gasteiger partial charge is 0.493 e. The first-order chi connectivity index (χ1) is 19.8. The van der Waals surface area contributed by atoms with Gasteiger partial charge in [-0.15, -0.1) is 0 Å². The molecule has 218 valence electrons. The lowest BCUT2D eigenvalue weighted by Gasteiger charge is -2.34. The SMILES string of the molecule is Cc1c(COc2ccc3c(n2)N(C)CN(CC(=O)O)C3)cccc1-c1cccc(OCCCN2CC[C@@H](O)C2)c1C. The van der Waals surface area contributed by atoms with E-state index in [1.165, 1.54) is 0 Å². The van der Waals surface area contributed by atoms with Gasteiger partial charge in [0.05, 0.1) is 25.9 Å². The van der Waals surface area contributed by atoms with Gasteiger partial charge >= 0.3 is 5.97 Å². The summed E-state index contributed by atoms with van der Waals surface area (Å²) in [6, 6.07) is 16.3. The van der Waals surface area contributed by atoms with Crippen LogP contribution in [0.15, 0.2) is 48.5 Å². The van der Waals surface area contributed by atoms with Gasteiger partial charge in [-0.2, -0.15) is 4.98 Å². The number of aliphatic carboxylic acids is 1. The highest BCUT2D eigenvalue weighted by atomic mass is 16.5. The Kier molecular flexibility index (Phi) is 9.07. The van der Waals surface area contributed by atoms with Gasteiger partial charge in [0.25, 0.3) is 0 Å². The van der Waals surface area contributed by atoms with Gasteiger partial charge in [0.1, 0.15) is 18.2 Å². The third-order valence-corrected chi connectivity index (χ3v) is 7.98. The molecule has 0 amide bonds. The van der Waals surface area contributed by atoms with Gasteiger partial charge in [-0.3, -0.25) is 9.69 Å². The minimum atomic E-state index is -0.836. The number of hydrogen-bond acceptors (Lipinski definition) is 8. The van der Waals surface area contributed by atoms with E-state index in [-0.39, 0.29) is 12.6 Å². The molecule has 1 atom stereocenters. The zero-order chi connectivity index (χ0) is 28.9. The van der Waals surface area contributed by atoms with E-state index < -0.39 is 5.97 Å². The summed E-state index contributed by atoms with van der Waals surface area (Å²) in [7, 11) is 1.91. The van der Waals surface area contributed by atoms with E-state index in [4.69, 9.17) is 19.6 Å². The molecule has 0 spiro atoms. The molecule has 2 N–H and O–H groups in total. The number of rotatable bonds is 11. The van der Waals surface area contributed by atoms with Crippen molar-refractivity contribution < 1.29 is 24.5 Å². The van der Waals surface area contributed by atoms with Crippen LogP contribution in [0.5, 0.6) is 11.6 Å². The van der Waals surface area contributed by atoms with E-state index in [1.807, 2.05) is 41.1 Å². The number of hydrogen-bond donors (Lipinski definition) is 2. The van der Waals surface area contributed by atoms with Crippen molar-refractivity contribution in [2.24, 2.45) is 0 Å². The number of aliphatic hydroxyl groups is 1. The van der Waals surface area contributed by atoms with Crippen LogP contribution in [0, 0.1) is 13.8 Å². The van der Waals surface area contributed by atoms with Gasteiger partial charge in [-0.1, -0.05) is 30.3 Å². The van der Waals surface area contributed by atoms with E-state index in [1.54, 1.807) is 0 Å². The number of carboxylic acids is 1. The van der Waals surface area contributed by atoms with Crippen LogP contribution in [-0.4, -0.2) is 83.6 Å². The van der Waals surface area contributed by atoms with E-state index in [2.05, 4.69) is 43.0 Å². The number of pyridine rings is 1. The summed E-state index contributed by atoms with van der Waals surface area (Å²) in [5.74, 6) is 1.42. The van der Waals surface area contributed by atoms with Crippen molar-refractivity contribution in [2.45, 2.75) is 45.9 Å². The van der Waals surface area contributed by atoms with Crippen molar-refractivity contribution in [2.75, 3.05) is 51.4 Å². The molecule has 2 aromatic carbocycles. The summed E-state index contributed by atoms with van der Waals surface area (Å²) in [5.41, 5.74) is 6.63. The topological polar surface area (TPSA) is 98.6 Å². The summed E-state index contributed by atoms with van der Waals surface area (Å²) < 4.78 is 12.3. The fraction of sp³-hybridized carbons (Fsp3) is 0.438. The molecular formula is C32H40N4O5. The molecule has 0 unspecified atom stereocenters. The van der Waals surface area contributed by atoms with Crippen LogP contribution in [0.2, 0.25) is 0 Å². The third kappa shape index (κ3) is 6.98. The zero-order valence-electron chi connectivity index (χ0n) is 24.2. The van der Waals surface area contributed by atoms with Crippen molar-refractivity contribution >= 4 is 11.8 Å². The highest BCUT2D eigenvalue weighted by Gasteiger charge is 2.23. The van der Waals surface area contributed by atoms with E-state index >= 15 is 0 Å². The van der Waals surface area contributed by atoms with Crippen LogP contribution in [0.3, 0.4) is 0 Å². The summed E-state index contributed by atoms with van der Waals surface area (Å²) >= 11 is 0. The molecule has 2 aliphatic heterocycles. The summed E-state index contributed by atoms with van der Waals surface area (Å²) in [4.78, 5) is 22.0. The maximum atomic E-state index is 11.1. The zero-order valence-corrected chi connectivity index (χ0v) is 24.2. The first kappa shape index (κ1) is 28.9. The van der Waals surface area contributed by atoms with Crippen molar-refractivity contribution in [3.63, 3.8) is 0 Å². The lowest BCUT2D eigenvalue weighted by Crippen LogP contribution is -2.43. The molecule has 3 heterocycles. The molecule has 41 heavy (non-hydrogen) atoms. The molecule has 2 aliphatic rings. The molecule has 0 aliphatic carbocycles. The Hall–Kier alpha value is -3.66. The number of carboxylic acid groups (broad SMARTS) is 1. The second kappa shape index (κ2) is 12.9. The number of nitrogens with zero attached hydrogens (tertiary/aromatic N) is 4. The second-order valence-corrected chi connectivity index (χ2v) is 11.1. The molecule has 1 aromatic heterocycles. The van der Waals surface area contributed by atoms with Crippen LogP contribution in [0.4, 0.5) is 5.82 Å². The van der Waals surface area contributed by atoms with Gasteiger partial charge in [0, 0.05) is 44.9 Å². The smallest absolute Gasteiger partial charge is 0.317 e. The van der Waals surface area contributed by atoms with Gasteiger partial charge in [-0.05, 0) is 66.6 Å². The minimum absolute atomic E-state index is 0.00331. The number of likely N-dealkylation sites (tertiary alicyclic amines) is 1. The molecule has 1 fully saturated rings. The summed E-state index contributed by atoms with van der Waals surface area (Å²) in [5, 5.41) is 18.9. The lowest BCUT2D eigenvalue weighted by atomic mass is 9.93. The fourth-order valence-corrected chi connectivity index (χ4v) is 5.78. The maximum absolute atomic E-state index is 11.1. The molecule has 0 bridgehead atoms. The molecule has 3 aromatic rings. The minimum Gasteiger partial charge on any atom is -0.493 e. The Balaban J connectivity index is 1.23. The first-order valence-electron chi connectivity index (χ1n) is 14.3. The number of anilines is 1. The van der Waals surface area contributed by atoms with Crippen molar-refractivity contribution in [1.82, 2.24) is 14.8 Å². The third-order valence-electron chi connectivity index (χ3n) is 7.98. The van der Waals surface area contributed by atoms with E-state index in [9.17, 15) is 9.90 Å². The monoisotopic (exact) mass is 560 g/mol. The van der Waals surface area contributed by atoms with Crippen molar-refractivity contribution in [1.29, 1.82) is 0 Å². The number of aliphatic hydroxyl groups excluding tert-OH is 1. The predicted octanol–water partition coefficient (Wildman–Crippen LogP) is 4.07. The number of aromatic nitrogens is 1. The van der Waals surface area contributed by atoms with Crippen molar-refractivity contribution in [3.8, 4) is 22.8 Å². The summed E-state index contributed by atoms with van der Waals surface area (Å²) in [6.45, 7) is 8.97. The molecule has 1 saturated heterocycles. The van der Waals surface area contributed by atoms with Gasteiger partial charge < -0.3 is 29.5 Å². The van der Waals surface area contributed by atoms with Crippen molar-refractivity contribution in [3.05, 3.63) is 70.8 Å². The number of ether oxygens (including phenoxy) is 2. The Labute approximate surface area is 241 Å². The van der Waals surface area contributed by atoms with Crippen LogP contribution in [0.1, 0.15) is 35.1 Å². The first-order valence-corrected chi connectivity index (χ1v) is 14.3. The standard InChI is InChI=1S/C32H40N4O5/c1-22-25(20-41-30-12-11-24-17-36(19-31(38)39)21-34(3)32(24)33-30)7-4-8-27(22)28-9-5-10-29(23(28)2)40-16-6-14-35-15-13-26(37)18-35/h4-5,7-12,26,37H,6,13-21H2,1-3H3,(H,38,39)/t26-/m1/s1. The molecule has 5 rings (SSSR count). The number of fused-ring (bicyclic) bond motifs is 1. The Bertz CT molecular complexity index is 1380. The predicted molar refractivity (Wildman–Crippen MR) is 158 cm³/mol. The maximum Gasteiger partial charge on any atom is 0.317 e. The van der Waals surface area contributed by atoms with Crippen LogP contribution in [-0.2, 0) is 17.9 Å². The van der Waals surface area contributed by atoms with Crippen LogP contribution < -0.4 is 14.4 Å². The summed E-state index contributed by atoms with van der Waals surface area (Å²) in [6.07, 6.45) is 1.60. The second-order valence-electron chi connectivity index (χ2n) is 11.1.